The first kappa shape index (κ1) is 23.0. The van der Waals surface area contributed by atoms with Crippen LogP contribution in [0.3, 0.4) is 0 Å². The van der Waals surface area contributed by atoms with Crippen LogP contribution in [-0.2, 0) is 22.1 Å². The lowest BCUT2D eigenvalue weighted by atomic mass is 9.92. The minimum atomic E-state index is -0.206. The maximum Gasteiger partial charge on any atom is 0.245 e. The van der Waals surface area contributed by atoms with E-state index in [0.717, 1.165) is 23.4 Å². The topological polar surface area (TPSA) is 67.2 Å². The van der Waals surface area contributed by atoms with E-state index in [1.54, 1.807) is 16.6 Å². The first-order chi connectivity index (χ1) is 13.7. The van der Waals surface area contributed by atoms with E-state index in [9.17, 15) is 9.59 Å². The van der Waals surface area contributed by atoms with Gasteiger partial charge in [0.1, 0.15) is 5.82 Å². The third kappa shape index (κ3) is 7.24. The van der Waals surface area contributed by atoms with Gasteiger partial charge < -0.3 is 10.2 Å². The zero-order valence-electron chi connectivity index (χ0n) is 18.1. The predicted molar refractivity (Wildman–Crippen MR) is 119 cm³/mol. The molecule has 0 unspecified atom stereocenters. The number of amides is 2. The molecule has 0 saturated carbocycles. The molecule has 1 aromatic heterocycles. The van der Waals surface area contributed by atoms with Crippen LogP contribution in [0.1, 0.15) is 46.2 Å². The van der Waals surface area contributed by atoms with Gasteiger partial charge in [0.05, 0.1) is 18.0 Å². The molecule has 1 aromatic carbocycles. The molecule has 1 heterocycles. The Bertz CT molecular complexity index is 812. The van der Waals surface area contributed by atoms with E-state index in [1.165, 1.54) is 11.8 Å². The molecule has 0 fully saturated rings. The van der Waals surface area contributed by atoms with Crippen molar-refractivity contribution >= 4 is 29.4 Å². The smallest absolute Gasteiger partial charge is 0.245 e. The first-order valence-electron chi connectivity index (χ1n) is 10.0. The Morgan fingerprint density at radius 2 is 1.90 bits per heavy atom. The van der Waals surface area contributed by atoms with Crippen molar-refractivity contribution < 1.29 is 9.59 Å². The lowest BCUT2D eigenvalue weighted by molar-refractivity contribution is -0.132. The molecule has 6 nitrogen and oxygen atoms in total. The summed E-state index contributed by atoms with van der Waals surface area (Å²) < 4.78 is 1.67. The molecule has 0 bridgehead atoms. The summed E-state index contributed by atoms with van der Waals surface area (Å²) in [7, 11) is 1.81. The van der Waals surface area contributed by atoms with E-state index < -0.39 is 0 Å². The fourth-order valence-corrected chi connectivity index (χ4v) is 3.52. The molecule has 2 rings (SSSR count). The fourth-order valence-electron chi connectivity index (χ4n) is 2.70. The first-order valence-corrected chi connectivity index (χ1v) is 11.0. The van der Waals surface area contributed by atoms with Crippen LogP contribution in [0.2, 0.25) is 0 Å². The second kappa shape index (κ2) is 10.5. The number of benzene rings is 1. The van der Waals surface area contributed by atoms with Crippen molar-refractivity contribution in [2.24, 2.45) is 7.05 Å². The predicted octanol–water partition coefficient (Wildman–Crippen LogP) is 4.08. The molecule has 0 aliphatic heterocycles. The van der Waals surface area contributed by atoms with Crippen LogP contribution in [0.5, 0.6) is 0 Å². The number of hydrogen-bond acceptors (Lipinski definition) is 4. The van der Waals surface area contributed by atoms with E-state index in [1.807, 2.05) is 36.4 Å². The standard InChI is InChI=1S/C22H32N4O2S/c1-6-7-13-26(21(28)16-29-17-11-9-8-10-12-17)15-20(27)23-19-14-18(22(2,3)4)24-25(19)5/h8-12,14H,6-7,13,15-16H2,1-5H3,(H,23,27). The third-order valence-corrected chi connectivity index (χ3v) is 5.49. The Hall–Kier alpha value is -2.28. The number of unbranched alkanes of at least 4 members (excludes halogenated alkanes) is 1. The fraction of sp³-hybridized carbons (Fsp3) is 0.500. The van der Waals surface area contributed by atoms with Gasteiger partial charge in [0, 0.05) is 30.0 Å². The van der Waals surface area contributed by atoms with Crippen LogP contribution in [-0.4, -0.2) is 45.3 Å². The largest absolute Gasteiger partial charge is 0.333 e. The molecule has 0 atom stereocenters. The second-order valence-corrected chi connectivity index (χ2v) is 9.16. The highest BCUT2D eigenvalue weighted by Gasteiger charge is 2.21. The van der Waals surface area contributed by atoms with Gasteiger partial charge in [0.2, 0.25) is 11.8 Å². The number of aromatic nitrogens is 2. The monoisotopic (exact) mass is 416 g/mol. The van der Waals surface area contributed by atoms with Crippen LogP contribution in [0.4, 0.5) is 5.82 Å². The molecule has 2 aromatic rings. The Balaban J connectivity index is 1.98. The van der Waals surface area contributed by atoms with Crippen molar-refractivity contribution in [3.8, 4) is 0 Å². The van der Waals surface area contributed by atoms with Crippen LogP contribution >= 0.6 is 11.8 Å². The normalized spacial score (nSPS) is 11.3. The van der Waals surface area contributed by atoms with Gasteiger partial charge in [0.15, 0.2) is 0 Å². The highest BCUT2D eigenvalue weighted by Crippen LogP contribution is 2.23. The van der Waals surface area contributed by atoms with Crippen LogP contribution < -0.4 is 5.32 Å². The van der Waals surface area contributed by atoms with Crippen LogP contribution in [0.15, 0.2) is 41.3 Å². The van der Waals surface area contributed by atoms with Gasteiger partial charge in [0.25, 0.3) is 0 Å². The number of rotatable bonds is 9. The van der Waals surface area contributed by atoms with Crippen LogP contribution in [0.25, 0.3) is 0 Å². The quantitative estimate of drug-likeness (QED) is 0.626. The number of thioether (sulfide) groups is 1. The molecule has 0 saturated heterocycles. The van der Waals surface area contributed by atoms with E-state index in [-0.39, 0.29) is 23.8 Å². The summed E-state index contributed by atoms with van der Waals surface area (Å²) in [6, 6.07) is 11.7. The van der Waals surface area contributed by atoms with Gasteiger partial charge in [-0.15, -0.1) is 11.8 Å². The minimum Gasteiger partial charge on any atom is -0.333 e. The summed E-state index contributed by atoms with van der Waals surface area (Å²) >= 11 is 1.49. The van der Waals surface area contributed by atoms with E-state index in [2.05, 4.69) is 38.1 Å². The summed E-state index contributed by atoms with van der Waals surface area (Å²) in [4.78, 5) is 28.0. The summed E-state index contributed by atoms with van der Waals surface area (Å²) in [6.45, 7) is 8.94. The summed E-state index contributed by atoms with van der Waals surface area (Å²) in [5.41, 5.74) is 0.812. The maximum atomic E-state index is 12.7. The summed E-state index contributed by atoms with van der Waals surface area (Å²) in [5.74, 6) is 0.730. The molecular formula is C22H32N4O2S. The average Bonchev–Trinajstić information content (AvgIpc) is 3.04. The molecule has 0 aliphatic carbocycles. The zero-order valence-corrected chi connectivity index (χ0v) is 18.9. The zero-order chi connectivity index (χ0) is 21.4. The van der Waals surface area contributed by atoms with Crippen molar-refractivity contribution in [3.63, 3.8) is 0 Å². The van der Waals surface area contributed by atoms with E-state index in [4.69, 9.17) is 0 Å². The lowest BCUT2D eigenvalue weighted by Gasteiger charge is -2.22. The average molecular weight is 417 g/mol. The van der Waals surface area contributed by atoms with Crippen LogP contribution in [0, 0.1) is 0 Å². The maximum absolute atomic E-state index is 12.7. The van der Waals surface area contributed by atoms with E-state index in [0.29, 0.717) is 18.1 Å². The van der Waals surface area contributed by atoms with Gasteiger partial charge in [-0.05, 0) is 18.6 Å². The van der Waals surface area contributed by atoms with Gasteiger partial charge >= 0.3 is 0 Å². The number of carbonyl (C=O) groups is 2. The molecule has 0 radical (unpaired) electrons. The molecular weight excluding hydrogens is 384 g/mol. The van der Waals surface area contributed by atoms with Crippen molar-refractivity contribution in [1.82, 2.24) is 14.7 Å². The number of carbonyl (C=O) groups excluding carboxylic acids is 2. The lowest BCUT2D eigenvalue weighted by Crippen LogP contribution is -2.39. The SMILES string of the molecule is CCCCN(CC(=O)Nc1cc(C(C)(C)C)nn1C)C(=O)CSc1ccccc1. The van der Waals surface area contributed by atoms with Gasteiger partial charge in [-0.3, -0.25) is 14.3 Å². The number of nitrogens with zero attached hydrogens (tertiary/aromatic N) is 3. The molecule has 1 N–H and O–H groups in total. The van der Waals surface area contributed by atoms with E-state index >= 15 is 0 Å². The Morgan fingerprint density at radius 3 is 2.48 bits per heavy atom. The van der Waals surface area contributed by atoms with Crippen molar-refractivity contribution in [3.05, 3.63) is 42.1 Å². The molecule has 0 aliphatic rings. The Kier molecular flexibility index (Phi) is 8.32. The molecule has 0 spiro atoms. The Morgan fingerprint density at radius 1 is 1.21 bits per heavy atom. The van der Waals surface area contributed by atoms with Crippen molar-refractivity contribution in [1.29, 1.82) is 0 Å². The molecule has 29 heavy (non-hydrogen) atoms. The molecule has 158 valence electrons. The minimum absolute atomic E-state index is 0.0251. The number of hydrogen-bond donors (Lipinski definition) is 1. The van der Waals surface area contributed by atoms with Gasteiger partial charge in [-0.25, -0.2) is 0 Å². The van der Waals surface area contributed by atoms with Crippen molar-refractivity contribution in [2.45, 2.75) is 50.8 Å². The molecule has 7 heteroatoms. The summed E-state index contributed by atoms with van der Waals surface area (Å²) in [6.07, 6.45) is 1.84. The number of aryl methyl sites for hydroxylation is 1. The second-order valence-electron chi connectivity index (χ2n) is 8.11. The highest BCUT2D eigenvalue weighted by atomic mass is 32.2. The summed E-state index contributed by atoms with van der Waals surface area (Å²) in [5, 5.41) is 7.38. The van der Waals surface area contributed by atoms with Gasteiger partial charge in [-0.1, -0.05) is 52.3 Å². The highest BCUT2D eigenvalue weighted by molar-refractivity contribution is 8.00. The number of anilines is 1. The third-order valence-electron chi connectivity index (χ3n) is 4.49. The number of nitrogens with one attached hydrogen (secondary N) is 1. The van der Waals surface area contributed by atoms with Gasteiger partial charge in [-0.2, -0.15) is 5.10 Å². The van der Waals surface area contributed by atoms with Crippen molar-refractivity contribution in [2.75, 3.05) is 24.2 Å². The Labute approximate surface area is 178 Å². The molecule has 2 amide bonds.